The van der Waals surface area contributed by atoms with E-state index in [2.05, 4.69) is 196 Å². The zero-order valence-electron chi connectivity index (χ0n) is 29.7. The van der Waals surface area contributed by atoms with Crippen LogP contribution in [0.3, 0.4) is 0 Å². The Morgan fingerprint density at radius 2 is 1.06 bits per heavy atom. The minimum absolute atomic E-state index is 0.163. The van der Waals surface area contributed by atoms with E-state index >= 15 is 0 Å². The number of rotatable bonds is 3. The van der Waals surface area contributed by atoms with Crippen LogP contribution in [-0.2, 0) is 5.41 Å². The van der Waals surface area contributed by atoms with Crippen LogP contribution in [0.1, 0.15) is 25.0 Å². The highest BCUT2D eigenvalue weighted by Gasteiger charge is 2.49. The molecule has 0 N–H and O–H groups in total. The Hall–Kier alpha value is -5.67. The number of benzene rings is 9. The molecule has 1 aliphatic carbocycles. The largest absolute Gasteiger partial charge is 0.181 e. The highest BCUT2D eigenvalue weighted by atomic mass is 32.2. The summed E-state index contributed by atoms with van der Waals surface area (Å²) >= 11 is 1.98. The maximum atomic E-state index is 2.53. The second kappa shape index (κ2) is 11.4. The van der Waals surface area contributed by atoms with Crippen molar-refractivity contribution in [2.45, 2.75) is 29.1 Å². The molecule has 2 heteroatoms. The molecule has 53 heavy (non-hydrogen) atoms. The van der Waals surface area contributed by atoms with Crippen LogP contribution in [-0.4, -0.2) is 8.07 Å². The van der Waals surface area contributed by atoms with E-state index in [9.17, 15) is 0 Å². The van der Waals surface area contributed by atoms with Crippen LogP contribution in [0.2, 0.25) is 0 Å². The summed E-state index contributed by atoms with van der Waals surface area (Å²) in [5, 5.41) is 13.6. The molecule has 250 valence electrons. The summed E-state index contributed by atoms with van der Waals surface area (Å²) in [4.78, 5) is 2.81. The monoisotopic (exact) mass is 708 g/mol. The van der Waals surface area contributed by atoms with E-state index in [1.54, 1.807) is 0 Å². The van der Waals surface area contributed by atoms with Crippen molar-refractivity contribution >= 4 is 72.9 Å². The van der Waals surface area contributed by atoms with Gasteiger partial charge < -0.3 is 0 Å². The fraction of sp³-hybridized carbons (Fsp3) is 0.0588. The van der Waals surface area contributed by atoms with Gasteiger partial charge in [0.2, 0.25) is 0 Å². The highest BCUT2D eigenvalue weighted by molar-refractivity contribution is 8.00. The molecule has 0 bridgehead atoms. The Kier molecular flexibility index (Phi) is 6.65. The molecule has 0 spiro atoms. The minimum atomic E-state index is -2.65. The van der Waals surface area contributed by atoms with Gasteiger partial charge >= 0.3 is 0 Å². The molecule has 0 nitrogen and oxygen atoms in total. The van der Waals surface area contributed by atoms with Gasteiger partial charge in [0.25, 0.3) is 0 Å². The fourth-order valence-corrected chi connectivity index (χ4v) is 16.8. The van der Waals surface area contributed by atoms with Crippen molar-refractivity contribution in [3.8, 4) is 22.3 Å². The standard InChI is InChI=1S/C51H36SSi/c1-51(2)43-27-28-47-50(52-45-23-13-14-24-46(45)53(47,38-18-5-3-6-19-38)39-20-7-4-8-21-39)49(43)41-26-25-36(32-44(41)51)48-40-22-12-11-17-35(40)30-37-29-33-15-9-10-16-34(33)31-42(37)48/h3-32H,1-2H3. The molecule has 1 aliphatic heterocycles. The zero-order valence-corrected chi connectivity index (χ0v) is 31.5. The molecule has 0 fully saturated rings. The van der Waals surface area contributed by atoms with E-state index in [-0.39, 0.29) is 5.41 Å². The minimum Gasteiger partial charge on any atom is -0.0896 e. The number of hydrogen-bond donors (Lipinski definition) is 0. The Labute approximate surface area is 315 Å². The van der Waals surface area contributed by atoms with E-state index in [0.717, 1.165) is 0 Å². The van der Waals surface area contributed by atoms with Crippen LogP contribution >= 0.6 is 11.8 Å². The normalized spacial score (nSPS) is 14.8. The lowest BCUT2D eigenvalue weighted by atomic mass is 9.81. The van der Waals surface area contributed by atoms with Crippen LogP contribution in [0.4, 0.5) is 0 Å². The van der Waals surface area contributed by atoms with Gasteiger partial charge in [-0.2, -0.15) is 0 Å². The quantitative estimate of drug-likeness (QED) is 0.130. The maximum Gasteiger partial charge on any atom is 0.181 e. The van der Waals surface area contributed by atoms with E-state index in [4.69, 9.17) is 0 Å². The molecule has 9 aromatic rings. The molecule has 0 aromatic heterocycles. The third kappa shape index (κ3) is 4.31. The fourth-order valence-electron chi connectivity index (χ4n) is 9.71. The number of hydrogen-bond acceptors (Lipinski definition) is 1. The Bertz CT molecular complexity index is 2900. The van der Waals surface area contributed by atoms with Gasteiger partial charge in [0.05, 0.1) is 0 Å². The molecule has 0 amide bonds. The molecule has 0 saturated carbocycles. The first-order chi connectivity index (χ1) is 26.0. The SMILES string of the molecule is CC1(C)c2cc(-c3c4ccccc4cc4cc5ccccc5cc34)ccc2-c2c1ccc1c2Sc2ccccc2[Si]1(c1ccccc1)c1ccccc1. The number of fused-ring (bicyclic) bond motifs is 9. The lowest BCUT2D eigenvalue weighted by Crippen LogP contribution is -2.76. The molecule has 0 unspecified atom stereocenters. The lowest BCUT2D eigenvalue weighted by Gasteiger charge is -2.40. The molecular weight excluding hydrogens is 673 g/mol. The Morgan fingerprint density at radius 3 is 1.81 bits per heavy atom. The zero-order chi connectivity index (χ0) is 35.3. The molecule has 1 heterocycles. The molecule has 0 atom stereocenters. The summed E-state index contributed by atoms with van der Waals surface area (Å²) < 4.78 is 0. The van der Waals surface area contributed by atoms with Gasteiger partial charge in [0.15, 0.2) is 8.07 Å². The van der Waals surface area contributed by atoms with Crippen molar-refractivity contribution in [2.24, 2.45) is 0 Å². The molecule has 0 saturated heterocycles. The highest BCUT2D eigenvalue weighted by Crippen LogP contribution is 2.54. The summed E-state index contributed by atoms with van der Waals surface area (Å²) in [5.41, 5.74) is 8.07. The Morgan fingerprint density at radius 1 is 0.434 bits per heavy atom. The third-order valence-electron chi connectivity index (χ3n) is 12.1. The molecular formula is C51H36SSi. The molecule has 11 rings (SSSR count). The Balaban J connectivity index is 1.19. The van der Waals surface area contributed by atoms with E-state index in [1.807, 2.05) is 11.8 Å². The van der Waals surface area contributed by atoms with Crippen molar-refractivity contribution in [1.82, 2.24) is 0 Å². The van der Waals surface area contributed by atoms with Gasteiger partial charge in [-0.25, -0.2) is 0 Å². The summed E-state index contributed by atoms with van der Waals surface area (Å²) in [7, 11) is -2.65. The molecule has 2 aliphatic rings. The van der Waals surface area contributed by atoms with Crippen LogP contribution in [0.15, 0.2) is 192 Å². The van der Waals surface area contributed by atoms with Crippen molar-refractivity contribution in [2.75, 3.05) is 0 Å². The van der Waals surface area contributed by atoms with Gasteiger partial charge in [-0.1, -0.05) is 177 Å². The van der Waals surface area contributed by atoms with Crippen molar-refractivity contribution in [3.05, 3.63) is 193 Å². The summed E-state index contributed by atoms with van der Waals surface area (Å²) in [5.74, 6) is 0. The first kappa shape index (κ1) is 30.9. The van der Waals surface area contributed by atoms with Gasteiger partial charge in [-0.3, -0.25) is 0 Å². The van der Waals surface area contributed by atoms with Crippen LogP contribution < -0.4 is 20.7 Å². The lowest BCUT2D eigenvalue weighted by molar-refractivity contribution is 0.660. The second-order valence-electron chi connectivity index (χ2n) is 15.2. The van der Waals surface area contributed by atoms with E-state index < -0.39 is 8.07 Å². The van der Waals surface area contributed by atoms with Gasteiger partial charge in [0.1, 0.15) is 0 Å². The average Bonchev–Trinajstić information content (AvgIpc) is 3.44. The van der Waals surface area contributed by atoms with Crippen LogP contribution in [0, 0.1) is 0 Å². The predicted octanol–water partition coefficient (Wildman–Crippen LogP) is 11.0. The molecule has 0 radical (unpaired) electrons. The maximum absolute atomic E-state index is 2.65. The van der Waals surface area contributed by atoms with Gasteiger partial charge in [-0.05, 0) is 117 Å². The molecule has 9 aromatic carbocycles. The van der Waals surface area contributed by atoms with Crippen LogP contribution in [0.25, 0.3) is 54.6 Å². The summed E-state index contributed by atoms with van der Waals surface area (Å²) in [6.45, 7) is 4.87. The van der Waals surface area contributed by atoms with Gasteiger partial charge in [-0.15, -0.1) is 0 Å². The topological polar surface area (TPSA) is 0 Å². The summed E-state index contributed by atoms with van der Waals surface area (Å²) in [6.07, 6.45) is 0. The third-order valence-corrected chi connectivity index (χ3v) is 18.6. The smallest absolute Gasteiger partial charge is 0.0896 e. The van der Waals surface area contributed by atoms with Gasteiger partial charge in [0, 0.05) is 15.2 Å². The first-order valence-electron chi connectivity index (χ1n) is 18.6. The average molecular weight is 709 g/mol. The van der Waals surface area contributed by atoms with Crippen molar-refractivity contribution in [3.63, 3.8) is 0 Å². The second-order valence-corrected chi connectivity index (χ2v) is 20.0. The van der Waals surface area contributed by atoms with E-state index in [1.165, 1.54) is 96.2 Å². The predicted molar refractivity (Wildman–Crippen MR) is 230 cm³/mol. The summed E-state index contributed by atoms with van der Waals surface area (Å²) in [6, 6.07) is 69.1. The van der Waals surface area contributed by atoms with Crippen molar-refractivity contribution < 1.29 is 0 Å². The first-order valence-corrected chi connectivity index (χ1v) is 21.4. The van der Waals surface area contributed by atoms with Crippen molar-refractivity contribution in [1.29, 1.82) is 0 Å². The van der Waals surface area contributed by atoms with E-state index in [0.29, 0.717) is 0 Å². The van der Waals surface area contributed by atoms with Crippen LogP contribution in [0.5, 0.6) is 0 Å².